The maximum atomic E-state index is 9.09. The van der Waals surface area contributed by atoms with Crippen molar-refractivity contribution in [2.45, 2.75) is 51.5 Å². The van der Waals surface area contributed by atoms with Crippen LogP contribution in [0.15, 0.2) is 24.3 Å². The second-order valence-electron chi connectivity index (χ2n) is 6.87. The molecule has 1 aromatic carbocycles. The van der Waals surface area contributed by atoms with E-state index in [-0.39, 0.29) is 12.0 Å². The number of hydrogen-bond donors (Lipinski definition) is 1. The first kappa shape index (κ1) is 14.5. The Balaban J connectivity index is 2.07. The topological polar surface area (TPSA) is 23.5 Å². The van der Waals surface area contributed by atoms with E-state index in [9.17, 15) is 0 Å². The highest BCUT2D eigenvalue weighted by Crippen LogP contribution is 2.32. The normalized spacial score (nSPS) is 24.9. The minimum atomic E-state index is 0.227. The van der Waals surface area contributed by atoms with Crippen LogP contribution in [0.3, 0.4) is 0 Å². The molecule has 106 valence electrons. The van der Waals surface area contributed by atoms with E-state index in [0.29, 0.717) is 12.0 Å². The molecule has 1 aliphatic heterocycles. The van der Waals surface area contributed by atoms with E-state index in [1.165, 1.54) is 17.5 Å². The van der Waals surface area contributed by atoms with Crippen molar-refractivity contribution in [1.82, 2.24) is 4.90 Å². The van der Waals surface area contributed by atoms with Crippen molar-refractivity contribution in [2.75, 3.05) is 19.7 Å². The van der Waals surface area contributed by atoms with Gasteiger partial charge in [-0.3, -0.25) is 4.90 Å². The summed E-state index contributed by atoms with van der Waals surface area (Å²) in [6.45, 7) is 11.2. The highest BCUT2D eigenvalue weighted by atomic mass is 16.3. The summed E-state index contributed by atoms with van der Waals surface area (Å²) < 4.78 is 0. The molecule has 2 heteroatoms. The Labute approximate surface area is 117 Å². The lowest BCUT2D eigenvalue weighted by atomic mass is 9.85. The van der Waals surface area contributed by atoms with E-state index in [4.69, 9.17) is 5.11 Å². The number of rotatable bonds is 3. The predicted molar refractivity (Wildman–Crippen MR) is 80.6 cm³/mol. The van der Waals surface area contributed by atoms with E-state index < -0.39 is 0 Å². The van der Waals surface area contributed by atoms with Gasteiger partial charge in [0.25, 0.3) is 0 Å². The number of benzene rings is 1. The molecule has 19 heavy (non-hydrogen) atoms. The summed E-state index contributed by atoms with van der Waals surface area (Å²) in [5, 5.41) is 9.09. The first-order chi connectivity index (χ1) is 8.91. The van der Waals surface area contributed by atoms with E-state index in [0.717, 1.165) is 13.1 Å². The van der Waals surface area contributed by atoms with Crippen molar-refractivity contribution in [2.24, 2.45) is 0 Å². The third kappa shape index (κ3) is 3.37. The minimum absolute atomic E-state index is 0.227. The van der Waals surface area contributed by atoms with Crippen LogP contribution in [-0.2, 0) is 5.41 Å². The number of aliphatic hydroxyl groups is 1. The number of β-amino-alcohol motifs (C(OH)–C–C–N with tert-alkyl or cyclic N) is 1. The lowest BCUT2D eigenvalue weighted by Gasteiger charge is -2.20. The molecule has 1 fully saturated rings. The lowest BCUT2D eigenvalue weighted by molar-refractivity contribution is 0.191. The Morgan fingerprint density at radius 1 is 1.21 bits per heavy atom. The second-order valence-corrected chi connectivity index (χ2v) is 6.87. The molecular formula is C17H27NO. The Morgan fingerprint density at radius 2 is 1.84 bits per heavy atom. The van der Waals surface area contributed by atoms with Gasteiger partial charge in [0.1, 0.15) is 0 Å². The third-order valence-electron chi connectivity index (χ3n) is 4.34. The fourth-order valence-corrected chi connectivity index (χ4v) is 3.04. The largest absolute Gasteiger partial charge is 0.395 e. The van der Waals surface area contributed by atoms with Gasteiger partial charge in [0, 0.05) is 19.1 Å². The Kier molecular flexibility index (Phi) is 4.32. The fraction of sp³-hybridized carbons (Fsp3) is 0.647. The van der Waals surface area contributed by atoms with E-state index in [1.807, 2.05) is 0 Å². The van der Waals surface area contributed by atoms with Crippen molar-refractivity contribution >= 4 is 0 Å². The SMILES string of the molecule is CC1CC(c2ccc(C(C)(C)C)cc2)CN1CCO. The second kappa shape index (κ2) is 5.64. The molecule has 1 heterocycles. The monoisotopic (exact) mass is 261 g/mol. The number of aliphatic hydroxyl groups excluding tert-OH is 1. The first-order valence-electron chi connectivity index (χ1n) is 7.37. The average molecular weight is 261 g/mol. The zero-order chi connectivity index (χ0) is 14.0. The summed E-state index contributed by atoms with van der Waals surface area (Å²) in [6.07, 6.45) is 1.20. The molecular weight excluding hydrogens is 234 g/mol. The van der Waals surface area contributed by atoms with Crippen LogP contribution >= 0.6 is 0 Å². The summed E-state index contributed by atoms with van der Waals surface area (Å²) in [5.41, 5.74) is 3.07. The van der Waals surface area contributed by atoms with Crippen molar-refractivity contribution in [3.05, 3.63) is 35.4 Å². The van der Waals surface area contributed by atoms with Gasteiger partial charge >= 0.3 is 0 Å². The van der Waals surface area contributed by atoms with Crippen molar-refractivity contribution in [3.8, 4) is 0 Å². The summed E-state index contributed by atoms with van der Waals surface area (Å²) in [5.74, 6) is 0.621. The Morgan fingerprint density at radius 3 is 2.37 bits per heavy atom. The standard InChI is InChI=1S/C17H27NO/c1-13-11-15(12-18(13)9-10-19)14-5-7-16(8-6-14)17(2,3)4/h5-8,13,15,19H,9-12H2,1-4H3. The van der Waals surface area contributed by atoms with Crippen LogP contribution in [0.1, 0.15) is 51.2 Å². The molecule has 1 N–H and O–H groups in total. The molecule has 0 saturated carbocycles. The van der Waals surface area contributed by atoms with Gasteiger partial charge in [-0.25, -0.2) is 0 Å². The van der Waals surface area contributed by atoms with Gasteiger partial charge in [0.15, 0.2) is 0 Å². The number of nitrogens with zero attached hydrogens (tertiary/aromatic N) is 1. The van der Waals surface area contributed by atoms with Gasteiger partial charge in [-0.1, -0.05) is 45.0 Å². The molecule has 0 radical (unpaired) electrons. The summed E-state index contributed by atoms with van der Waals surface area (Å²) in [6, 6.07) is 9.71. The van der Waals surface area contributed by atoms with Crippen LogP contribution < -0.4 is 0 Å². The smallest absolute Gasteiger partial charge is 0.0558 e. The van der Waals surface area contributed by atoms with Crippen LogP contribution in [-0.4, -0.2) is 35.7 Å². The van der Waals surface area contributed by atoms with Gasteiger partial charge in [0.05, 0.1) is 6.61 Å². The van der Waals surface area contributed by atoms with Crippen LogP contribution in [0.25, 0.3) is 0 Å². The van der Waals surface area contributed by atoms with Gasteiger partial charge in [-0.15, -0.1) is 0 Å². The van der Waals surface area contributed by atoms with Crippen LogP contribution in [0.2, 0.25) is 0 Å². The molecule has 1 aliphatic rings. The van der Waals surface area contributed by atoms with Gasteiger partial charge in [0.2, 0.25) is 0 Å². The molecule has 1 aromatic rings. The van der Waals surface area contributed by atoms with Crippen LogP contribution in [0.4, 0.5) is 0 Å². The fourth-order valence-electron chi connectivity index (χ4n) is 3.04. The maximum Gasteiger partial charge on any atom is 0.0558 e. The number of likely N-dealkylation sites (tertiary alicyclic amines) is 1. The van der Waals surface area contributed by atoms with Crippen LogP contribution in [0, 0.1) is 0 Å². The van der Waals surface area contributed by atoms with Gasteiger partial charge < -0.3 is 5.11 Å². The molecule has 2 nitrogen and oxygen atoms in total. The Bertz CT molecular complexity index is 404. The molecule has 0 amide bonds. The minimum Gasteiger partial charge on any atom is -0.395 e. The zero-order valence-electron chi connectivity index (χ0n) is 12.7. The molecule has 2 unspecified atom stereocenters. The quantitative estimate of drug-likeness (QED) is 0.903. The molecule has 0 bridgehead atoms. The highest BCUT2D eigenvalue weighted by molar-refractivity contribution is 5.30. The van der Waals surface area contributed by atoms with Gasteiger partial charge in [-0.05, 0) is 35.8 Å². The summed E-state index contributed by atoms with van der Waals surface area (Å²) in [4.78, 5) is 2.39. The number of hydrogen-bond acceptors (Lipinski definition) is 2. The summed E-state index contributed by atoms with van der Waals surface area (Å²) in [7, 11) is 0. The van der Waals surface area contributed by atoms with Crippen LogP contribution in [0.5, 0.6) is 0 Å². The molecule has 0 aromatic heterocycles. The molecule has 1 saturated heterocycles. The van der Waals surface area contributed by atoms with Gasteiger partial charge in [-0.2, -0.15) is 0 Å². The molecule has 2 atom stereocenters. The summed E-state index contributed by atoms with van der Waals surface area (Å²) >= 11 is 0. The van der Waals surface area contributed by atoms with E-state index >= 15 is 0 Å². The molecule has 0 spiro atoms. The lowest BCUT2D eigenvalue weighted by Crippen LogP contribution is -2.29. The highest BCUT2D eigenvalue weighted by Gasteiger charge is 2.29. The maximum absolute atomic E-state index is 9.09. The molecule has 0 aliphatic carbocycles. The van der Waals surface area contributed by atoms with Crippen molar-refractivity contribution in [1.29, 1.82) is 0 Å². The van der Waals surface area contributed by atoms with E-state index in [2.05, 4.69) is 56.9 Å². The third-order valence-corrected chi connectivity index (χ3v) is 4.34. The average Bonchev–Trinajstić information content (AvgIpc) is 2.71. The van der Waals surface area contributed by atoms with E-state index in [1.54, 1.807) is 0 Å². The van der Waals surface area contributed by atoms with Crippen molar-refractivity contribution in [3.63, 3.8) is 0 Å². The predicted octanol–water partition coefficient (Wildman–Crippen LogP) is 3.15. The van der Waals surface area contributed by atoms with Crippen molar-refractivity contribution < 1.29 is 5.11 Å². The first-order valence-corrected chi connectivity index (χ1v) is 7.37. The molecule has 2 rings (SSSR count). The zero-order valence-corrected chi connectivity index (χ0v) is 12.7. The Hall–Kier alpha value is -0.860.